The molecule has 0 aliphatic carbocycles. The second kappa shape index (κ2) is 4.55. The van der Waals surface area contributed by atoms with Gasteiger partial charge in [-0.25, -0.2) is 4.99 Å². The molecule has 1 unspecified atom stereocenters. The molecule has 2 aliphatic heterocycles. The summed E-state index contributed by atoms with van der Waals surface area (Å²) in [5.41, 5.74) is 3.80. The largest absolute Gasteiger partial charge is 0.329 e. The first-order valence-corrected chi connectivity index (χ1v) is 7.30. The Morgan fingerprint density at radius 2 is 1.95 bits per heavy atom. The van der Waals surface area contributed by atoms with E-state index in [1.807, 2.05) is 43.3 Å². The van der Waals surface area contributed by atoms with Crippen molar-refractivity contribution in [3.8, 4) is 0 Å². The average Bonchev–Trinajstić information content (AvgIpc) is 2.93. The molecule has 0 bridgehead atoms. The summed E-state index contributed by atoms with van der Waals surface area (Å²) in [4.78, 5) is 19.7. The Bertz CT molecular complexity index is 749. The van der Waals surface area contributed by atoms with Gasteiger partial charge in [-0.15, -0.1) is 0 Å². The zero-order chi connectivity index (χ0) is 14.4. The van der Waals surface area contributed by atoms with Crippen molar-refractivity contribution >= 4 is 23.0 Å². The zero-order valence-electron chi connectivity index (χ0n) is 11.9. The van der Waals surface area contributed by atoms with Crippen LogP contribution in [0.4, 0.5) is 11.4 Å². The quantitative estimate of drug-likeness (QED) is 0.794. The van der Waals surface area contributed by atoms with Crippen LogP contribution in [-0.2, 0) is 0 Å². The van der Waals surface area contributed by atoms with Crippen LogP contribution in [0.3, 0.4) is 0 Å². The number of carbonyl (C=O) groups excluding carboxylic acids is 1. The molecule has 4 rings (SSSR count). The third-order valence-electron chi connectivity index (χ3n) is 4.27. The fraction of sp³-hybridized carbons (Fsp3) is 0.222. The minimum Gasteiger partial charge on any atom is -0.329 e. The van der Waals surface area contributed by atoms with Crippen molar-refractivity contribution in [1.29, 1.82) is 0 Å². The second-order valence-corrected chi connectivity index (χ2v) is 5.68. The first-order valence-electron chi connectivity index (χ1n) is 7.30. The van der Waals surface area contributed by atoms with Crippen molar-refractivity contribution in [2.45, 2.75) is 13.3 Å². The smallest absolute Gasteiger partial charge is 0.175 e. The summed E-state index contributed by atoms with van der Waals surface area (Å²) in [5.74, 6) is 1.04. The highest BCUT2D eigenvalue weighted by Crippen LogP contribution is 2.36. The number of hydrogen-bond acceptors (Lipinski definition) is 3. The fourth-order valence-corrected chi connectivity index (χ4v) is 3.20. The first-order chi connectivity index (χ1) is 10.2. The molecule has 104 valence electrons. The molecule has 21 heavy (non-hydrogen) atoms. The van der Waals surface area contributed by atoms with Crippen LogP contribution in [0.15, 0.2) is 53.5 Å². The minimum absolute atomic E-state index is 0.0838. The molecule has 0 amide bonds. The summed E-state index contributed by atoms with van der Waals surface area (Å²) in [6.45, 7) is 2.87. The Morgan fingerprint density at radius 1 is 1.14 bits per heavy atom. The predicted octanol–water partition coefficient (Wildman–Crippen LogP) is 3.75. The van der Waals surface area contributed by atoms with E-state index < -0.39 is 0 Å². The van der Waals surface area contributed by atoms with Gasteiger partial charge in [0.1, 0.15) is 5.84 Å². The van der Waals surface area contributed by atoms with Crippen LogP contribution >= 0.6 is 0 Å². The minimum atomic E-state index is -0.0838. The number of ketones is 1. The number of rotatable bonds is 1. The third-order valence-corrected chi connectivity index (χ3v) is 4.27. The lowest BCUT2D eigenvalue weighted by Crippen LogP contribution is -2.32. The Labute approximate surface area is 123 Å². The molecule has 1 saturated heterocycles. The van der Waals surface area contributed by atoms with Crippen molar-refractivity contribution < 1.29 is 4.79 Å². The highest BCUT2D eigenvalue weighted by atomic mass is 16.1. The van der Waals surface area contributed by atoms with Crippen molar-refractivity contribution in [3.63, 3.8) is 0 Å². The van der Waals surface area contributed by atoms with E-state index in [2.05, 4.69) is 17.0 Å². The number of Topliss-reactive ketones (excluding diaryl/α,β-unsaturated/α-hetero) is 1. The number of anilines is 1. The summed E-state index contributed by atoms with van der Waals surface area (Å²) >= 11 is 0. The average molecular weight is 276 g/mol. The van der Waals surface area contributed by atoms with Gasteiger partial charge in [0.05, 0.1) is 11.6 Å². The van der Waals surface area contributed by atoms with Gasteiger partial charge < -0.3 is 4.90 Å². The number of aliphatic imine (C=N–C) groups is 1. The number of fused-ring (bicyclic) bond motifs is 2. The van der Waals surface area contributed by atoms with Crippen molar-refractivity contribution in [1.82, 2.24) is 0 Å². The van der Waals surface area contributed by atoms with E-state index in [-0.39, 0.29) is 11.7 Å². The molecule has 1 fully saturated rings. The maximum absolute atomic E-state index is 12.7. The van der Waals surface area contributed by atoms with E-state index in [1.165, 1.54) is 0 Å². The summed E-state index contributed by atoms with van der Waals surface area (Å²) < 4.78 is 0. The molecule has 3 nitrogen and oxygen atoms in total. The van der Waals surface area contributed by atoms with Gasteiger partial charge >= 0.3 is 0 Å². The van der Waals surface area contributed by atoms with Crippen molar-refractivity contribution in [2.75, 3.05) is 11.4 Å². The van der Waals surface area contributed by atoms with E-state index >= 15 is 0 Å². The monoisotopic (exact) mass is 276 g/mol. The van der Waals surface area contributed by atoms with Crippen LogP contribution in [0.2, 0.25) is 0 Å². The Hall–Kier alpha value is -2.42. The fourth-order valence-electron chi connectivity index (χ4n) is 3.20. The summed E-state index contributed by atoms with van der Waals surface area (Å²) in [5, 5.41) is 0. The standard InChI is InChI=1S/C18H16N2O/c1-12-7-8-16-15(11-12)17(21)14-9-10-20(18(14)19-16)13-5-3-2-4-6-13/h2-8,11,14H,9-10H2,1H3. The normalized spacial score (nSPS) is 20.0. The Morgan fingerprint density at radius 3 is 2.76 bits per heavy atom. The van der Waals surface area contributed by atoms with Gasteiger partial charge in [-0.3, -0.25) is 4.79 Å². The van der Waals surface area contributed by atoms with Crippen molar-refractivity contribution in [2.24, 2.45) is 10.9 Å². The Kier molecular flexibility index (Phi) is 2.67. The number of carbonyl (C=O) groups is 1. The van der Waals surface area contributed by atoms with Gasteiger partial charge in [0.25, 0.3) is 0 Å². The maximum atomic E-state index is 12.7. The Balaban J connectivity index is 1.82. The lowest BCUT2D eigenvalue weighted by Gasteiger charge is -2.24. The molecule has 0 saturated carbocycles. The van der Waals surface area contributed by atoms with Gasteiger partial charge in [-0.2, -0.15) is 0 Å². The predicted molar refractivity (Wildman–Crippen MR) is 84.5 cm³/mol. The molecule has 2 aliphatic rings. The van der Waals surface area contributed by atoms with E-state index in [0.29, 0.717) is 0 Å². The van der Waals surface area contributed by atoms with Crippen LogP contribution in [0.5, 0.6) is 0 Å². The van der Waals surface area contributed by atoms with Crippen LogP contribution < -0.4 is 4.90 Å². The molecule has 2 aromatic carbocycles. The van der Waals surface area contributed by atoms with Gasteiger partial charge in [0.15, 0.2) is 5.78 Å². The number of amidine groups is 1. The SMILES string of the molecule is Cc1ccc2c(c1)C(=O)C1CCN(c3ccccc3)C1=N2. The van der Waals surface area contributed by atoms with Gasteiger partial charge in [0, 0.05) is 17.8 Å². The number of benzene rings is 2. The third kappa shape index (κ3) is 1.88. The molecule has 0 spiro atoms. The molecule has 2 heterocycles. The topological polar surface area (TPSA) is 32.7 Å². The lowest BCUT2D eigenvalue weighted by atomic mass is 9.91. The highest BCUT2D eigenvalue weighted by Gasteiger charge is 2.39. The van der Waals surface area contributed by atoms with Crippen LogP contribution in [-0.4, -0.2) is 18.2 Å². The van der Waals surface area contributed by atoms with E-state index in [4.69, 9.17) is 4.99 Å². The van der Waals surface area contributed by atoms with Crippen LogP contribution in [0, 0.1) is 12.8 Å². The number of para-hydroxylation sites is 1. The lowest BCUT2D eigenvalue weighted by molar-refractivity contribution is 0.0954. The number of hydrogen-bond donors (Lipinski definition) is 0. The number of aryl methyl sites for hydroxylation is 1. The highest BCUT2D eigenvalue weighted by molar-refractivity contribution is 6.22. The second-order valence-electron chi connectivity index (χ2n) is 5.68. The van der Waals surface area contributed by atoms with E-state index in [9.17, 15) is 4.79 Å². The molecule has 3 heteroatoms. The van der Waals surface area contributed by atoms with Gasteiger partial charge in [-0.05, 0) is 37.6 Å². The first kappa shape index (κ1) is 12.3. The molecular weight excluding hydrogens is 260 g/mol. The molecule has 1 atom stereocenters. The zero-order valence-corrected chi connectivity index (χ0v) is 11.9. The van der Waals surface area contributed by atoms with Crippen molar-refractivity contribution in [3.05, 3.63) is 59.7 Å². The van der Waals surface area contributed by atoms with Gasteiger partial charge in [-0.1, -0.05) is 29.8 Å². The van der Waals surface area contributed by atoms with Crippen LogP contribution in [0.25, 0.3) is 0 Å². The summed E-state index contributed by atoms with van der Waals surface area (Å²) in [6, 6.07) is 16.1. The van der Waals surface area contributed by atoms with E-state index in [1.54, 1.807) is 0 Å². The van der Waals surface area contributed by atoms with Crippen LogP contribution in [0.1, 0.15) is 22.3 Å². The summed E-state index contributed by atoms with van der Waals surface area (Å²) in [7, 11) is 0. The maximum Gasteiger partial charge on any atom is 0.175 e. The summed E-state index contributed by atoms with van der Waals surface area (Å²) in [6.07, 6.45) is 0.847. The molecular formula is C18H16N2O. The molecule has 0 aromatic heterocycles. The molecule has 0 N–H and O–H groups in total. The van der Waals surface area contributed by atoms with E-state index in [0.717, 1.165) is 41.3 Å². The molecule has 2 aromatic rings. The van der Waals surface area contributed by atoms with Gasteiger partial charge in [0.2, 0.25) is 0 Å². The molecule has 0 radical (unpaired) electrons. The number of nitrogens with zero attached hydrogens (tertiary/aromatic N) is 2.